The average molecular weight is 324 g/mol. The largest absolute Gasteiger partial charge is 0.355 e. The highest BCUT2D eigenvalue weighted by Crippen LogP contribution is 2.17. The van der Waals surface area contributed by atoms with Gasteiger partial charge in [0.1, 0.15) is 0 Å². The molecule has 6 heteroatoms. The molecule has 1 N–H and O–H groups in total. The average Bonchev–Trinajstić information content (AvgIpc) is 2.86. The molecule has 0 saturated carbocycles. The molecule has 5 nitrogen and oxygen atoms in total. The summed E-state index contributed by atoms with van der Waals surface area (Å²) in [5.41, 5.74) is 1.19. The SMILES string of the molecule is CCN(CC(=O)NCCc1ccccc1)C1CCS(=O)(=O)C1. The number of hydrogen-bond donors (Lipinski definition) is 1. The molecule has 1 fully saturated rings. The predicted octanol–water partition coefficient (Wildman–Crippen LogP) is 0.854. The third-order valence-corrected chi connectivity index (χ3v) is 5.81. The van der Waals surface area contributed by atoms with E-state index >= 15 is 0 Å². The first-order valence-electron chi connectivity index (χ1n) is 7.75. The number of carbonyl (C=O) groups excluding carboxylic acids is 1. The van der Waals surface area contributed by atoms with Gasteiger partial charge in [-0.05, 0) is 24.9 Å². The van der Waals surface area contributed by atoms with Crippen LogP contribution in [-0.4, -0.2) is 56.4 Å². The molecule has 122 valence electrons. The molecule has 1 aromatic rings. The summed E-state index contributed by atoms with van der Waals surface area (Å²) in [6, 6.07) is 9.99. The number of nitrogens with one attached hydrogen (secondary N) is 1. The molecular formula is C16H24N2O3S. The summed E-state index contributed by atoms with van der Waals surface area (Å²) in [6.45, 7) is 3.52. The molecule has 0 radical (unpaired) electrons. The fraction of sp³-hybridized carbons (Fsp3) is 0.562. The quantitative estimate of drug-likeness (QED) is 0.808. The molecule has 22 heavy (non-hydrogen) atoms. The van der Waals surface area contributed by atoms with Gasteiger partial charge < -0.3 is 5.32 Å². The van der Waals surface area contributed by atoms with Gasteiger partial charge in [-0.15, -0.1) is 0 Å². The molecule has 0 bridgehead atoms. The summed E-state index contributed by atoms with van der Waals surface area (Å²) in [5.74, 6) is 0.379. The molecule has 2 rings (SSSR count). The summed E-state index contributed by atoms with van der Waals surface area (Å²) in [6.07, 6.45) is 1.43. The Kier molecular flexibility index (Phi) is 5.97. The maximum atomic E-state index is 12.0. The minimum absolute atomic E-state index is 0.0186. The van der Waals surface area contributed by atoms with Crippen LogP contribution in [0, 0.1) is 0 Å². The van der Waals surface area contributed by atoms with Crippen molar-refractivity contribution in [2.75, 3.05) is 31.1 Å². The van der Waals surface area contributed by atoms with Gasteiger partial charge in [-0.3, -0.25) is 9.69 Å². The Hall–Kier alpha value is -1.40. The molecular weight excluding hydrogens is 300 g/mol. The first-order chi connectivity index (χ1) is 10.5. The predicted molar refractivity (Wildman–Crippen MR) is 87.5 cm³/mol. The van der Waals surface area contributed by atoms with Gasteiger partial charge in [-0.2, -0.15) is 0 Å². The number of carbonyl (C=O) groups is 1. The van der Waals surface area contributed by atoms with E-state index in [-0.39, 0.29) is 30.0 Å². The standard InChI is InChI=1S/C16H24N2O3S/c1-2-18(15-9-11-22(20,21)13-15)12-16(19)17-10-8-14-6-4-3-5-7-14/h3-7,15H,2,8-13H2,1H3,(H,17,19). The van der Waals surface area contributed by atoms with E-state index < -0.39 is 9.84 Å². The Labute approximate surface area is 132 Å². The van der Waals surface area contributed by atoms with Crippen molar-refractivity contribution < 1.29 is 13.2 Å². The van der Waals surface area contributed by atoms with Crippen molar-refractivity contribution in [3.05, 3.63) is 35.9 Å². The molecule has 0 spiro atoms. The number of benzene rings is 1. The summed E-state index contributed by atoms with van der Waals surface area (Å²) in [7, 11) is -2.91. The zero-order chi connectivity index (χ0) is 16.0. The van der Waals surface area contributed by atoms with Gasteiger partial charge in [-0.1, -0.05) is 37.3 Å². The maximum Gasteiger partial charge on any atom is 0.234 e. The highest BCUT2D eigenvalue weighted by molar-refractivity contribution is 7.91. The third kappa shape index (κ3) is 5.10. The van der Waals surface area contributed by atoms with Crippen LogP contribution in [0.15, 0.2) is 30.3 Å². The lowest BCUT2D eigenvalue weighted by molar-refractivity contribution is -0.122. The Bertz CT molecular complexity index is 587. The van der Waals surface area contributed by atoms with Crippen LogP contribution in [-0.2, 0) is 21.1 Å². The molecule has 1 saturated heterocycles. The number of hydrogen-bond acceptors (Lipinski definition) is 4. The summed E-state index contributed by atoms with van der Waals surface area (Å²) < 4.78 is 23.1. The van der Waals surface area contributed by atoms with Gasteiger partial charge in [0.2, 0.25) is 5.91 Å². The Balaban J connectivity index is 1.75. The highest BCUT2D eigenvalue weighted by Gasteiger charge is 2.32. The topological polar surface area (TPSA) is 66.5 Å². The summed E-state index contributed by atoms with van der Waals surface area (Å²) in [4.78, 5) is 14.0. The Morgan fingerprint density at radius 1 is 1.32 bits per heavy atom. The highest BCUT2D eigenvalue weighted by atomic mass is 32.2. The van der Waals surface area contributed by atoms with Gasteiger partial charge in [0.15, 0.2) is 9.84 Å². The lowest BCUT2D eigenvalue weighted by Gasteiger charge is -2.25. The van der Waals surface area contributed by atoms with E-state index in [0.29, 0.717) is 19.5 Å². The molecule has 0 aliphatic carbocycles. The van der Waals surface area contributed by atoms with Gasteiger partial charge >= 0.3 is 0 Å². The van der Waals surface area contributed by atoms with Gasteiger partial charge in [0.05, 0.1) is 18.1 Å². The van der Waals surface area contributed by atoms with E-state index in [1.54, 1.807) is 0 Å². The fourth-order valence-corrected chi connectivity index (χ4v) is 4.56. The molecule has 1 atom stereocenters. The number of amides is 1. The van der Waals surface area contributed by atoms with Crippen LogP contribution >= 0.6 is 0 Å². The van der Waals surface area contributed by atoms with Crippen LogP contribution < -0.4 is 5.32 Å². The second kappa shape index (κ2) is 7.74. The molecule has 1 aromatic carbocycles. The van der Waals surface area contributed by atoms with E-state index in [2.05, 4.69) is 5.32 Å². The van der Waals surface area contributed by atoms with Crippen molar-refractivity contribution in [3.8, 4) is 0 Å². The first kappa shape index (κ1) is 17.0. The van der Waals surface area contributed by atoms with Gasteiger partial charge in [0, 0.05) is 12.6 Å². The second-order valence-corrected chi connectivity index (χ2v) is 7.93. The van der Waals surface area contributed by atoms with Crippen LogP contribution in [0.5, 0.6) is 0 Å². The molecule has 0 aromatic heterocycles. The minimum atomic E-state index is -2.91. The summed E-state index contributed by atoms with van der Waals surface area (Å²) in [5, 5.41) is 2.91. The maximum absolute atomic E-state index is 12.0. The Morgan fingerprint density at radius 2 is 2.05 bits per heavy atom. The van der Waals surface area contributed by atoms with Crippen LogP contribution in [0.3, 0.4) is 0 Å². The molecule has 1 amide bonds. The van der Waals surface area contributed by atoms with E-state index in [0.717, 1.165) is 6.42 Å². The van der Waals surface area contributed by atoms with Crippen LogP contribution in [0.2, 0.25) is 0 Å². The minimum Gasteiger partial charge on any atom is -0.355 e. The van der Waals surface area contributed by atoms with Crippen LogP contribution in [0.1, 0.15) is 18.9 Å². The normalized spacial score (nSPS) is 20.2. The number of sulfone groups is 1. The second-order valence-electron chi connectivity index (χ2n) is 5.71. The molecule has 1 aliphatic rings. The number of rotatable bonds is 7. The third-order valence-electron chi connectivity index (χ3n) is 4.06. The monoisotopic (exact) mass is 324 g/mol. The van der Waals surface area contributed by atoms with Gasteiger partial charge in [0.25, 0.3) is 0 Å². The van der Waals surface area contributed by atoms with Crippen molar-refractivity contribution >= 4 is 15.7 Å². The number of nitrogens with zero attached hydrogens (tertiary/aromatic N) is 1. The smallest absolute Gasteiger partial charge is 0.234 e. The summed E-state index contributed by atoms with van der Waals surface area (Å²) >= 11 is 0. The van der Waals surface area contributed by atoms with E-state index in [1.165, 1.54) is 5.56 Å². The fourth-order valence-electron chi connectivity index (χ4n) is 2.79. The van der Waals surface area contributed by atoms with E-state index in [1.807, 2.05) is 42.2 Å². The lowest BCUT2D eigenvalue weighted by atomic mass is 10.1. The van der Waals surface area contributed by atoms with E-state index in [9.17, 15) is 13.2 Å². The number of likely N-dealkylation sites (N-methyl/N-ethyl adjacent to an activating group) is 1. The Morgan fingerprint density at radius 3 is 2.64 bits per heavy atom. The van der Waals surface area contributed by atoms with Gasteiger partial charge in [-0.25, -0.2) is 8.42 Å². The van der Waals surface area contributed by atoms with Crippen molar-refractivity contribution in [2.45, 2.75) is 25.8 Å². The zero-order valence-electron chi connectivity index (χ0n) is 13.0. The van der Waals surface area contributed by atoms with Crippen LogP contribution in [0.25, 0.3) is 0 Å². The molecule has 1 unspecified atom stereocenters. The molecule has 1 heterocycles. The van der Waals surface area contributed by atoms with Crippen molar-refractivity contribution in [1.82, 2.24) is 10.2 Å². The van der Waals surface area contributed by atoms with E-state index in [4.69, 9.17) is 0 Å². The lowest BCUT2D eigenvalue weighted by Crippen LogP contribution is -2.43. The molecule has 1 aliphatic heterocycles. The zero-order valence-corrected chi connectivity index (χ0v) is 13.8. The van der Waals surface area contributed by atoms with Crippen molar-refractivity contribution in [1.29, 1.82) is 0 Å². The first-order valence-corrected chi connectivity index (χ1v) is 9.57. The van der Waals surface area contributed by atoms with Crippen molar-refractivity contribution in [3.63, 3.8) is 0 Å². The van der Waals surface area contributed by atoms with Crippen molar-refractivity contribution in [2.24, 2.45) is 0 Å². The van der Waals surface area contributed by atoms with Crippen LogP contribution in [0.4, 0.5) is 0 Å².